The van der Waals surface area contributed by atoms with Gasteiger partial charge in [0.2, 0.25) is 0 Å². The van der Waals surface area contributed by atoms with Crippen LogP contribution in [-0.4, -0.2) is 19.7 Å². The Bertz CT molecular complexity index is 480. The van der Waals surface area contributed by atoms with E-state index >= 15 is 0 Å². The Morgan fingerprint density at radius 1 is 1.36 bits per heavy atom. The summed E-state index contributed by atoms with van der Waals surface area (Å²) >= 11 is 0. The molecule has 0 N–H and O–H groups in total. The van der Waals surface area contributed by atoms with Gasteiger partial charge in [-0.25, -0.2) is 9.97 Å². The maximum absolute atomic E-state index is 8.83. The number of hydrogen-bond acceptors (Lipinski definition) is 4. The fourth-order valence-corrected chi connectivity index (χ4v) is 1.22. The standard InChI is InChI=1S/C9H7N5/c1-14-5-8(9(2-10)13-14)7-3-11-6-12-4-7/h3-6H,1H3. The minimum absolute atomic E-state index is 0.391. The Labute approximate surface area is 80.7 Å². The van der Waals surface area contributed by atoms with E-state index in [1.165, 1.54) is 6.33 Å². The molecule has 0 aliphatic heterocycles. The lowest BCUT2D eigenvalue weighted by Gasteiger charge is -1.93. The van der Waals surface area contributed by atoms with E-state index in [4.69, 9.17) is 5.26 Å². The highest BCUT2D eigenvalue weighted by atomic mass is 15.2. The smallest absolute Gasteiger partial charge is 0.170 e. The lowest BCUT2D eigenvalue weighted by Crippen LogP contribution is -1.86. The highest BCUT2D eigenvalue weighted by Crippen LogP contribution is 2.19. The molecule has 2 aromatic heterocycles. The summed E-state index contributed by atoms with van der Waals surface area (Å²) in [6, 6.07) is 2.03. The van der Waals surface area contributed by atoms with Crippen molar-refractivity contribution >= 4 is 0 Å². The van der Waals surface area contributed by atoms with E-state index in [2.05, 4.69) is 15.1 Å². The summed E-state index contributed by atoms with van der Waals surface area (Å²) < 4.78 is 1.60. The van der Waals surface area contributed by atoms with Gasteiger partial charge in [-0.05, 0) is 0 Å². The Hall–Kier alpha value is -2.22. The van der Waals surface area contributed by atoms with Crippen molar-refractivity contribution in [2.45, 2.75) is 0 Å². The van der Waals surface area contributed by atoms with Crippen molar-refractivity contribution in [1.82, 2.24) is 19.7 Å². The zero-order chi connectivity index (χ0) is 9.97. The van der Waals surface area contributed by atoms with Crippen molar-refractivity contribution < 1.29 is 0 Å². The van der Waals surface area contributed by atoms with Gasteiger partial charge in [0.25, 0.3) is 0 Å². The first-order valence-corrected chi connectivity index (χ1v) is 4.00. The molecule has 0 atom stereocenters. The molecule has 0 unspecified atom stereocenters. The molecule has 0 saturated carbocycles. The van der Waals surface area contributed by atoms with Gasteiger partial charge in [-0.3, -0.25) is 4.68 Å². The van der Waals surface area contributed by atoms with E-state index in [9.17, 15) is 0 Å². The van der Waals surface area contributed by atoms with Gasteiger partial charge in [0.1, 0.15) is 12.4 Å². The first kappa shape index (κ1) is 8.38. The van der Waals surface area contributed by atoms with Gasteiger partial charge in [-0.1, -0.05) is 0 Å². The Kier molecular flexibility index (Phi) is 1.95. The number of nitrogens with zero attached hydrogens (tertiary/aromatic N) is 5. The quantitative estimate of drug-likeness (QED) is 0.657. The molecule has 2 heterocycles. The zero-order valence-electron chi connectivity index (χ0n) is 7.55. The second kappa shape index (κ2) is 3.26. The second-order valence-electron chi connectivity index (χ2n) is 2.80. The van der Waals surface area contributed by atoms with Crippen molar-refractivity contribution in [3.63, 3.8) is 0 Å². The molecule has 0 spiro atoms. The molecular formula is C9H7N5. The normalized spacial score (nSPS) is 9.71. The molecule has 2 rings (SSSR count). The number of nitriles is 1. The molecule has 2 aromatic rings. The lowest BCUT2D eigenvalue weighted by atomic mass is 10.1. The third kappa shape index (κ3) is 1.33. The average Bonchev–Trinajstić information content (AvgIpc) is 2.61. The Morgan fingerprint density at radius 2 is 2.07 bits per heavy atom. The molecule has 0 amide bonds. The Morgan fingerprint density at radius 3 is 2.71 bits per heavy atom. The molecule has 5 nitrogen and oxygen atoms in total. The summed E-state index contributed by atoms with van der Waals surface area (Å²) in [5.41, 5.74) is 1.95. The van der Waals surface area contributed by atoms with Crippen molar-refractivity contribution in [1.29, 1.82) is 5.26 Å². The second-order valence-corrected chi connectivity index (χ2v) is 2.80. The highest BCUT2D eigenvalue weighted by Gasteiger charge is 2.08. The maximum Gasteiger partial charge on any atom is 0.170 e. The summed E-state index contributed by atoms with van der Waals surface area (Å²) in [7, 11) is 1.77. The lowest BCUT2D eigenvalue weighted by molar-refractivity contribution is 0.763. The van der Waals surface area contributed by atoms with Crippen LogP contribution in [0.2, 0.25) is 0 Å². The van der Waals surface area contributed by atoms with Gasteiger partial charge < -0.3 is 0 Å². The van der Waals surface area contributed by atoms with Crippen LogP contribution in [0.3, 0.4) is 0 Å². The van der Waals surface area contributed by atoms with E-state index in [-0.39, 0.29) is 0 Å². The first-order chi connectivity index (χ1) is 6.81. The van der Waals surface area contributed by atoms with Crippen molar-refractivity contribution in [3.8, 4) is 17.2 Å². The van der Waals surface area contributed by atoms with Crippen LogP contribution in [0.15, 0.2) is 24.9 Å². The van der Waals surface area contributed by atoms with Crippen LogP contribution in [0.25, 0.3) is 11.1 Å². The predicted octanol–water partition coefficient (Wildman–Crippen LogP) is 0.749. The van der Waals surface area contributed by atoms with Gasteiger partial charge >= 0.3 is 0 Å². The monoisotopic (exact) mass is 185 g/mol. The largest absolute Gasteiger partial charge is 0.274 e. The predicted molar refractivity (Wildman–Crippen MR) is 48.9 cm³/mol. The molecule has 0 aliphatic rings. The summed E-state index contributed by atoms with van der Waals surface area (Å²) in [4.78, 5) is 7.78. The number of aryl methyl sites for hydroxylation is 1. The summed E-state index contributed by atoms with van der Waals surface area (Å²) in [5, 5.41) is 12.8. The maximum atomic E-state index is 8.83. The average molecular weight is 185 g/mol. The van der Waals surface area contributed by atoms with Crippen molar-refractivity contribution in [2.75, 3.05) is 0 Å². The van der Waals surface area contributed by atoms with E-state index in [0.717, 1.165) is 11.1 Å². The van der Waals surface area contributed by atoms with Crippen LogP contribution in [0.4, 0.5) is 0 Å². The molecule has 0 fully saturated rings. The molecule has 68 valence electrons. The highest BCUT2D eigenvalue weighted by molar-refractivity contribution is 5.66. The van der Waals surface area contributed by atoms with E-state index < -0.39 is 0 Å². The van der Waals surface area contributed by atoms with Gasteiger partial charge in [0, 0.05) is 36.8 Å². The Balaban J connectivity index is 2.58. The van der Waals surface area contributed by atoms with Gasteiger partial charge in [0.15, 0.2) is 5.69 Å². The van der Waals surface area contributed by atoms with Crippen molar-refractivity contribution in [2.24, 2.45) is 7.05 Å². The van der Waals surface area contributed by atoms with Crippen LogP contribution in [-0.2, 0) is 7.05 Å². The van der Waals surface area contributed by atoms with Gasteiger partial charge in [-0.2, -0.15) is 10.4 Å². The number of aromatic nitrogens is 4. The van der Waals surface area contributed by atoms with E-state index in [1.54, 1.807) is 30.3 Å². The molecule has 0 radical (unpaired) electrons. The fraction of sp³-hybridized carbons (Fsp3) is 0.111. The van der Waals surface area contributed by atoms with Crippen LogP contribution < -0.4 is 0 Å². The summed E-state index contributed by atoms with van der Waals surface area (Å²) in [5.74, 6) is 0. The minimum Gasteiger partial charge on any atom is -0.274 e. The molecule has 5 heteroatoms. The fourth-order valence-electron chi connectivity index (χ4n) is 1.22. The number of hydrogen-bond donors (Lipinski definition) is 0. The van der Waals surface area contributed by atoms with Crippen LogP contribution in [0.1, 0.15) is 5.69 Å². The van der Waals surface area contributed by atoms with Crippen LogP contribution in [0.5, 0.6) is 0 Å². The molecule has 14 heavy (non-hydrogen) atoms. The molecule has 0 saturated heterocycles. The topological polar surface area (TPSA) is 67.4 Å². The SMILES string of the molecule is Cn1cc(-c2cncnc2)c(C#N)n1. The molecular weight excluding hydrogens is 178 g/mol. The van der Waals surface area contributed by atoms with E-state index in [0.29, 0.717) is 5.69 Å². The van der Waals surface area contributed by atoms with Gasteiger partial charge in [-0.15, -0.1) is 0 Å². The first-order valence-electron chi connectivity index (χ1n) is 4.00. The van der Waals surface area contributed by atoms with Gasteiger partial charge in [0.05, 0.1) is 0 Å². The van der Waals surface area contributed by atoms with Crippen LogP contribution >= 0.6 is 0 Å². The van der Waals surface area contributed by atoms with Crippen molar-refractivity contribution in [3.05, 3.63) is 30.6 Å². The molecule has 0 bridgehead atoms. The third-order valence-corrected chi connectivity index (χ3v) is 1.81. The molecule has 0 aromatic carbocycles. The van der Waals surface area contributed by atoms with Crippen LogP contribution in [0, 0.1) is 11.3 Å². The summed E-state index contributed by atoms with van der Waals surface area (Å²) in [6.07, 6.45) is 6.54. The van der Waals surface area contributed by atoms with E-state index in [1.807, 2.05) is 6.07 Å². The third-order valence-electron chi connectivity index (χ3n) is 1.81. The zero-order valence-corrected chi connectivity index (χ0v) is 7.55. The molecule has 0 aliphatic carbocycles. The minimum atomic E-state index is 0.391. The summed E-state index contributed by atoms with van der Waals surface area (Å²) in [6.45, 7) is 0. The number of rotatable bonds is 1.